The van der Waals surface area contributed by atoms with Gasteiger partial charge >= 0.3 is 12.1 Å². The van der Waals surface area contributed by atoms with Crippen LogP contribution in [0.5, 0.6) is 0 Å². The first-order valence-corrected chi connectivity index (χ1v) is 13.7. The summed E-state index contributed by atoms with van der Waals surface area (Å²) in [6.07, 6.45) is 1.34. The molecular formula is C29H27N3O6S. The molecule has 9 nitrogen and oxygen atoms in total. The molecule has 2 heterocycles. The van der Waals surface area contributed by atoms with E-state index in [0.717, 1.165) is 32.3 Å². The number of carboxylic acids is 1. The van der Waals surface area contributed by atoms with Gasteiger partial charge in [-0.2, -0.15) is 4.31 Å². The van der Waals surface area contributed by atoms with Gasteiger partial charge in [0, 0.05) is 37.6 Å². The first kappa shape index (κ1) is 26.2. The number of carboxylic acid groups (broad SMARTS) is 1. The van der Waals surface area contributed by atoms with Crippen molar-refractivity contribution in [3.63, 3.8) is 0 Å². The molecule has 4 aromatic rings. The summed E-state index contributed by atoms with van der Waals surface area (Å²) in [6.45, 7) is 0.163. The summed E-state index contributed by atoms with van der Waals surface area (Å²) in [7, 11) is -2.23. The number of nitrogens with zero attached hydrogens (tertiary/aromatic N) is 2. The van der Waals surface area contributed by atoms with Crippen LogP contribution in [0.4, 0.5) is 10.5 Å². The number of anilines is 1. The summed E-state index contributed by atoms with van der Waals surface area (Å²) >= 11 is 0. The average molecular weight is 546 g/mol. The Morgan fingerprint density at radius 1 is 0.949 bits per heavy atom. The summed E-state index contributed by atoms with van der Waals surface area (Å²) in [5.41, 5.74) is 4.65. The normalized spacial score (nSPS) is 15.4. The highest BCUT2D eigenvalue weighted by molar-refractivity contribution is 7.89. The number of nitrogens with one attached hydrogen (secondary N) is 1. The van der Waals surface area contributed by atoms with Crippen molar-refractivity contribution in [2.24, 2.45) is 7.05 Å². The second kappa shape index (κ2) is 10.8. The minimum atomic E-state index is -4.05. The molecule has 0 bridgehead atoms. The number of hydrogen-bond donors (Lipinski definition) is 2. The van der Waals surface area contributed by atoms with Crippen molar-refractivity contribution in [3.05, 3.63) is 108 Å². The molecule has 1 atom stereocenters. The van der Waals surface area contributed by atoms with Crippen LogP contribution in [0.3, 0.4) is 0 Å². The summed E-state index contributed by atoms with van der Waals surface area (Å²) in [5, 5.41) is 12.5. The van der Waals surface area contributed by atoms with Crippen LogP contribution in [0.25, 0.3) is 11.1 Å². The minimum absolute atomic E-state index is 0.000526. The van der Waals surface area contributed by atoms with E-state index >= 15 is 0 Å². The van der Waals surface area contributed by atoms with Gasteiger partial charge in [0.1, 0.15) is 12.6 Å². The van der Waals surface area contributed by atoms with Gasteiger partial charge in [0.2, 0.25) is 10.0 Å². The number of sulfonamides is 1. The lowest BCUT2D eigenvalue weighted by Crippen LogP contribution is -2.48. The lowest BCUT2D eigenvalue weighted by Gasteiger charge is -2.32. The van der Waals surface area contributed by atoms with Gasteiger partial charge < -0.3 is 14.4 Å². The summed E-state index contributed by atoms with van der Waals surface area (Å²) < 4.78 is 35.1. The second-order valence-electron chi connectivity index (χ2n) is 9.30. The van der Waals surface area contributed by atoms with Crippen molar-refractivity contribution < 1.29 is 27.9 Å². The van der Waals surface area contributed by atoms with Gasteiger partial charge in [0.15, 0.2) is 0 Å². The number of aliphatic carboxylic acids is 1. The number of carbonyl (C=O) groups is 2. The van der Waals surface area contributed by atoms with E-state index in [1.807, 2.05) is 54.2 Å². The Labute approximate surface area is 226 Å². The van der Waals surface area contributed by atoms with Crippen LogP contribution in [0, 0.1) is 0 Å². The number of ether oxygens (including phenoxy) is 1. The SMILES string of the molecule is Cn1ccc2c1C[C@H](C(=O)O)N(S(=O)(=O)c1ccc(-c3ccc(NC(=O)OCc4ccccc4)cc3)cc1)C2. The quantitative estimate of drug-likeness (QED) is 0.349. The Bertz CT molecular complexity index is 1600. The summed E-state index contributed by atoms with van der Waals surface area (Å²) in [6, 6.07) is 23.4. The third kappa shape index (κ3) is 5.57. The standard InChI is InChI=1S/C29H27N3O6S/c1-31-16-15-23-18-32(27(28(33)34)17-26(23)31)39(36,37)25-13-9-22(10-14-25)21-7-11-24(12-8-21)30-29(35)38-19-20-5-3-2-4-6-20/h2-16,27H,17-19H2,1H3,(H,30,35)(H,33,34)/t27-/m1/s1. The molecule has 0 unspecified atom stereocenters. The van der Waals surface area contributed by atoms with Crippen molar-refractivity contribution in [2.75, 3.05) is 5.32 Å². The van der Waals surface area contributed by atoms with Crippen LogP contribution in [-0.2, 0) is 46.2 Å². The third-order valence-corrected chi connectivity index (χ3v) is 8.65. The van der Waals surface area contributed by atoms with E-state index in [4.69, 9.17) is 4.74 Å². The molecule has 1 aromatic heterocycles. The van der Waals surface area contributed by atoms with E-state index in [1.54, 1.807) is 36.4 Å². The molecule has 0 aliphatic carbocycles. The van der Waals surface area contributed by atoms with Crippen LogP contribution in [0.1, 0.15) is 16.8 Å². The molecule has 5 rings (SSSR count). The van der Waals surface area contributed by atoms with Gasteiger partial charge in [-0.25, -0.2) is 13.2 Å². The molecule has 1 aliphatic heterocycles. The zero-order chi connectivity index (χ0) is 27.6. The maximum absolute atomic E-state index is 13.5. The predicted octanol–water partition coefficient (Wildman–Crippen LogP) is 4.64. The molecule has 0 fully saturated rings. The van der Waals surface area contributed by atoms with E-state index in [9.17, 15) is 23.1 Å². The van der Waals surface area contributed by atoms with Crippen LogP contribution < -0.4 is 5.32 Å². The molecule has 10 heteroatoms. The zero-order valence-electron chi connectivity index (χ0n) is 21.2. The molecule has 0 saturated carbocycles. The molecule has 1 aliphatic rings. The van der Waals surface area contributed by atoms with E-state index in [-0.39, 0.29) is 24.5 Å². The Kier molecular flexibility index (Phi) is 7.23. The van der Waals surface area contributed by atoms with E-state index in [2.05, 4.69) is 5.32 Å². The molecule has 1 amide bonds. The van der Waals surface area contributed by atoms with Crippen LogP contribution in [-0.4, -0.2) is 40.5 Å². The number of hydrogen-bond acceptors (Lipinski definition) is 5. The molecular weight excluding hydrogens is 518 g/mol. The summed E-state index contributed by atoms with van der Waals surface area (Å²) in [5.74, 6) is -1.18. The highest BCUT2D eigenvalue weighted by atomic mass is 32.2. The average Bonchev–Trinajstić information content (AvgIpc) is 3.32. The van der Waals surface area contributed by atoms with Crippen LogP contribution in [0.2, 0.25) is 0 Å². The lowest BCUT2D eigenvalue weighted by molar-refractivity contribution is -0.141. The molecule has 0 saturated heterocycles. The Morgan fingerprint density at radius 2 is 1.59 bits per heavy atom. The minimum Gasteiger partial charge on any atom is -0.480 e. The predicted molar refractivity (Wildman–Crippen MR) is 145 cm³/mol. The number of amides is 1. The van der Waals surface area contributed by atoms with Crippen molar-refractivity contribution in [1.29, 1.82) is 0 Å². The first-order valence-electron chi connectivity index (χ1n) is 12.3. The topological polar surface area (TPSA) is 118 Å². The van der Waals surface area contributed by atoms with E-state index in [0.29, 0.717) is 5.69 Å². The number of aryl methyl sites for hydroxylation is 1. The maximum Gasteiger partial charge on any atom is 0.411 e. The monoisotopic (exact) mass is 545 g/mol. The molecule has 39 heavy (non-hydrogen) atoms. The Hall–Kier alpha value is -4.41. The fraction of sp³-hybridized carbons (Fsp3) is 0.172. The number of aromatic nitrogens is 1. The lowest BCUT2D eigenvalue weighted by atomic mass is 10.0. The molecule has 200 valence electrons. The molecule has 0 spiro atoms. The highest BCUT2D eigenvalue weighted by Crippen LogP contribution is 2.31. The number of benzene rings is 3. The highest BCUT2D eigenvalue weighted by Gasteiger charge is 2.40. The third-order valence-electron chi connectivity index (χ3n) is 6.78. The zero-order valence-corrected chi connectivity index (χ0v) is 22.0. The van der Waals surface area contributed by atoms with Crippen molar-refractivity contribution in [2.45, 2.75) is 30.5 Å². The summed E-state index contributed by atoms with van der Waals surface area (Å²) in [4.78, 5) is 24.1. The van der Waals surface area contributed by atoms with Crippen molar-refractivity contribution in [3.8, 4) is 11.1 Å². The second-order valence-corrected chi connectivity index (χ2v) is 11.2. The van der Waals surface area contributed by atoms with Gasteiger partial charge in [-0.1, -0.05) is 54.6 Å². The Balaban J connectivity index is 1.27. The fourth-order valence-electron chi connectivity index (χ4n) is 4.64. The van der Waals surface area contributed by atoms with Gasteiger partial charge in [-0.3, -0.25) is 10.1 Å². The van der Waals surface area contributed by atoms with Gasteiger partial charge in [-0.15, -0.1) is 0 Å². The Morgan fingerprint density at radius 3 is 2.23 bits per heavy atom. The van der Waals surface area contributed by atoms with Gasteiger partial charge in [0.25, 0.3) is 0 Å². The van der Waals surface area contributed by atoms with Crippen LogP contribution in [0.15, 0.2) is 96.0 Å². The molecule has 3 aromatic carbocycles. The van der Waals surface area contributed by atoms with Crippen LogP contribution >= 0.6 is 0 Å². The fourth-order valence-corrected chi connectivity index (χ4v) is 6.20. The number of rotatable bonds is 7. The largest absolute Gasteiger partial charge is 0.480 e. The van der Waals surface area contributed by atoms with Gasteiger partial charge in [0.05, 0.1) is 4.90 Å². The van der Waals surface area contributed by atoms with Crippen molar-refractivity contribution in [1.82, 2.24) is 8.87 Å². The number of carbonyl (C=O) groups excluding carboxylic acids is 1. The first-order chi connectivity index (χ1) is 18.7. The van der Waals surface area contributed by atoms with E-state index in [1.165, 1.54) is 12.1 Å². The number of fused-ring (bicyclic) bond motifs is 1. The smallest absolute Gasteiger partial charge is 0.411 e. The maximum atomic E-state index is 13.5. The van der Waals surface area contributed by atoms with Gasteiger partial charge in [-0.05, 0) is 52.6 Å². The molecule has 0 radical (unpaired) electrons. The van der Waals surface area contributed by atoms with E-state index < -0.39 is 28.1 Å². The molecule has 2 N–H and O–H groups in total. The van der Waals surface area contributed by atoms with Crippen molar-refractivity contribution >= 4 is 27.8 Å².